The van der Waals surface area contributed by atoms with Crippen molar-refractivity contribution < 1.29 is 0 Å². The van der Waals surface area contributed by atoms with Crippen LogP contribution in [0.4, 0.5) is 0 Å². The molecule has 1 aromatic heterocycles. The van der Waals surface area contributed by atoms with E-state index in [-0.39, 0.29) is 0 Å². The van der Waals surface area contributed by atoms with E-state index in [1.807, 2.05) is 18.0 Å². The Bertz CT molecular complexity index is 215. The van der Waals surface area contributed by atoms with E-state index in [0.717, 1.165) is 11.3 Å². The van der Waals surface area contributed by atoms with E-state index in [0.29, 0.717) is 0 Å². The highest BCUT2D eigenvalue weighted by atomic mass is 79.9. The first-order valence-corrected chi connectivity index (χ1v) is 3.53. The van der Waals surface area contributed by atoms with E-state index in [9.17, 15) is 0 Å². The number of rotatable bonds is 1. The predicted octanol–water partition coefficient (Wildman–Crippen LogP) is 2.08. The lowest BCUT2D eigenvalue weighted by Crippen LogP contribution is -1.71. The number of H-pyrrole nitrogens is 1. The minimum absolute atomic E-state index is 1.09. The Morgan fingerprint density at radius 3 is 3.00 bits per heavy atom. The molecule has 0 saturated heterocycles. The van der Waals surface area contributed by atoms with E-state index in [1.54, 1.807) is 6.20 Å². The molecule has 0 bridgehead atoms. The van der Waals surface area contributed by atoms with E-state index in [1.165, 1.54) is 0 Å². The van der Waals surface area contributed by atoms with Gasteiger partial charge in [0.15, 0.2) is 0 Å². The van der Waals surface area contributed by atoms with Crippen LogP contribution in [0.2, 0.25) is 0 Å². The van der Waals surface area contributed by atoms with Gasteiger partial charge in [-0.05, 0) is 18.0 Å². The van der Waals surface area contributed by atoms with Crippen LogP contribution in [0.3, 0.4) is 0 Å². The standard InChI is InChI=1S/C6H7BrN2/c1-5-6(2-3-7)4-8-9-5/h2-4H,1H3,(H,8,9)/b3-2+. The number of nitrogens with one attached hydrogen (secondary N) is 1. The van der Waals surface area contributed by atoms with Gasteiger partial charge >= 0.3 is 0 Å². The summed E-state index contributed by atoms with van der Waals surface area (Å²) in [5.74, 6) is 0. The number of hydrogen-bond acceptors (Lipinski definition) is 1. The van der Waals surface area contributed by atoms with Crippen molar-refractivity contribution in [3.63, 3.8) is 0 Å². The summed E-state index contributed by atoms with van der Waals surface area (Å²) >= 11 is 3.18. The van der Waals surface area contributed by atoms with Crippen LogP contribution in [0.5, 0.6) is 0 Å². The monoisotopic (exact) mass is 186 g/mol. The van der Waals surface area contributed by atoms with Crippen LogP contribution in [-0.2, 0) is 0 Å². The molecular weight excluding hydrogens is 180 g/mol. The molecule has 1 aromatic rings. The Morgan fingerprint density at radius 2 is 2.56 bits per heavy atom. The molecule has 2 nitrogen and oxygen atoms in total. The largest absolute Gasteiger partial charge is 0.282 e. The molecule has 0 unspecified atom stereocenters. The first-order chi connectivity index (χ1) is 4.34. The van der Waals surface area contributed by atoms with Gasteiger partial charge in [0.1, 0.15) is 0 Å². The highest BCUT2D eigenvalue weighted by Gasteiger charge is 1.91. The fraction of sp³-hybridized carbons (Fsp3) is 0.167. The van der Waals surface area contributed by atoms with Crippen LogP contribution in [0.1, 0.15) is 11.3 Å². The van der Waals surface area contributed by atoms with Gasteiger partial charge in [-0.2, -0.15) is 5.10 Å². The number of hydrogen-bond donors (Lipinski definition) is 1. The van der Waals surface area contributed by atoms with Crippen molar-refractivity contribution in [3.8, 4) is 0 Å². The SMILES string of the molecule is Cc1[nH]ncc1/C=C/Br. The van der Waals surface area contributed by atoms with Crippen LogP contribution >= 0.6 is 15.9 Å². The highest BCUT2D eigenvalue weighted by molar-refractivity contribution is 9.11. The average molecular weight is 187 g/mol. The Morgan fingerprint density at radius 1 is 1.78 bits per heavy atom. The molecule has 1 N–H and O–H groups in total. The lowest BCUT2D eigenvalue weighted by Gasteiger charge is -1.82. The Kier molecular flexibility index (Phi) is 2.05. The molecule has 0 radical (unpaired) electrons. The molecule has 0 fully saturated rings. The maximum Gasteiger partial charge on any atom is 0.0562 e. The molecule has 0 aliphatic heterocycles. The molecule has 0 aliphatic carbocycles. The third kappa shape index (κ3) is 1.42. The van der Waals surface area contributed by atoms with Crippen molar-refractivity contribution in [1.82, 2.24) is 10.2 Å². The number of aryl methyl sites for hydroxylation is 1. The van der Waals surface area contributed by atoms with Gasteiger partial charge in [-0.1, -0.05) is 15.9 Å². The fourth-order valence-corrected chi connectivity index (χ4v) is 0.881. The van der Waals surface area contributed by atoms with Gasteiger partial charge in [0.05, 0.1) is 6.20 Å². The smallest absolute Gasteiger partial charge is 0.0562 e. The molecule has 1 heterocycles. The van der Waals surface area contributed by atoms with Gasteiger partial charge in [-0.15, -0.1) is 0 Å². The van der Waals surface area contributed by atoms with Gasteiger partial charge in [0, 0.05) is 11.3 Å². The lowest BCUT2D eigenvalue weighted by molar-refractivity contribution is 1.05. The summed E-state index contributed by atoms with van der Waals surface area (Å²) in [6.45, 7) is 1.98. The molecule has 0 aromatic carbocycles. The van der Waals surface area contributed by atoms with Crippen LogP contribution in [0, 0.1) is 6.92 Å². The summed E-state index contributed by atoms with van der Waals surface area (Å²) in [5.41, 5.74) is 2.21. The molecule has 0 spiro atoms. The third-order valence-electron chi connectivity index (χ3n) is 1.11. The number of aromatic nitrogens is 2. The summed E-state index contributed by atoms with van der Waals surface area (Å²) in [5, 5.41) is 6.67. The fourth-order valence-electron chi connectivity index (χ4n) is 0.596. The topological polar surface area (TPSA) is 28.7 Å². The average Bonchev–Trinajstić information content (AvgIpc) is 2.18. The number of nitrogens with zero attached hydrogens (tertiary/aromatic N) is 1. The molecule has 0 amide bonds. The maximum atomic E-state index is 3.84. The Hall–Kier alpha value is -0.570. The Balaban J connectivity index is 2.94. The van der Waals surface area contributed by atoms with E-state index in [2.05, 4.69) is 26.1 Å². The van der Waals surface area contributed by atoms with Crippen molar-refractivity contribution in [2.24, 2.45) is 0 Å². The maximum absolute atomic E-state index is 3.84. The van der Waals surface area contributed by atoms with Crippen molar-refractivity contribution in [2.45, 2.75) is 6.92 Å². The molecule has 9 heavy (non-hydrogen) atoms. The predicted molar refractivity (Wildman–Crippen MR) is 41.3 cm³/mol. The zero-order chi connectivity index (χ0) is 6.69. The van der Waals surface area contributed by atoms with Gasteiger partial charge in [0.2, 0.25) is 0 Å². The highest BCUT2D eigenvalue weighted by Crippen LogP contribution is 2.05. The van der Waals surface area contributed by atoms with Gasteiger partial charge in [0.25, 0.3) is 0 Å². The molecule has 0 saturated carbocycles. The quantitative estimate of drug-likeness (QED) is 0.716. The molecule has 0 atom stereocenters. The second-order valence-electron chi connectivity index (χ2n) is 1.74. The zero-order valence-electron chi connectivity index (χ0n) is 5.06. The third-order valence-corrected chi connectivity index (χ3v) is 1.38. The van der Waals surface area contributed by atoms with Gasteiger partial charge in [-0.3, -0.25) is 5.10 Å². The van der Waals surface area contributed by atoms with Crippen molar-refractivity contribution in [3.05, 3.63) is 22.4 Å². The normalized spacial score (nSPS) is 10.9. The minimum Gasteiger partial charge on any atom is -0.282 e. The van der Waals surface area contributed by atoms with Crippen molar-refractivity contribution in [2.75, 3.05) is 0 Å². The van der Waals surface area contributed by atoms with E-state index in [4.69, 9.17) is 0 Å². The van der Waals surface area contributed by atoms with E-state index < -0.39 is 0 Å². The molecule has 1 rings (SSSR count). The van der Waals surface area contributed by atoms with Crippen LogP contribution < -0.4 is 0 Å². The van der Waals surface area contributed by atoms with Crippen molar-refractivity contribution >= 4 is 22.0 Å². The summed E-state index contributed by atoms with van der Waals surface area (Å²) in [6, 6.07) is 0. The zero-order valence-corrected chi connectivity index (χ0v) is 6.64. The molecule has 0 aliphatic rings. The summed E-state index contributed by atoms with van der Waals surface area (Å²) in [6.07, 6.45) is 3.73. The second-order valence-corrected chi connectivity index (χ2v) is 2.27. The van der Waals surface area contributed by atoms with Crippen LogP contribution in [0.25, 0.3) is 6.08 Å². The summed E-state index contributed by atoms with van der Waals surface area (Å²) < 4.78 is 0. The second kappa shape index (κ2) is 2.82. The van der Waals surface area contributed by atoms with E-state index >= 15 is 0 Å². The number of aromatic amines is 1. The first-order valence-electron chi connectivity index (χ1n) is 2.61. The molecular formula is C6H7BrN2. The summed E-state index contributed by atoms with van der Waals surface area (Å²) in [4.78, 5) is 1.81. The lowest BCUT2D eigenvalue weighted by atomic mass is 10.3. The van der Waals surface area contributed by atoms with Crippen molar-refractivity contribution in [1.29, 1.82) is 0 Å². The first kappa shape index (κ1) is 6.55. The summed E-state index contributed by atoms with van der Waals surface area (Å²) in [7, 11) is 0. The minimum atomic E-state index is 1.09. The molecule has 48 valence electrons. The number of halogens is 1. The van der Waals surface area contributed by atoms with Crippen LogP contribution in [0.15, 0.2) is 11.2 Å². The van der Waals surface area contributed by atoms with Gasteiger partial charge in [-0.25, -0.2) is 0 Å². The molecule has 3 heteroatoms. The van der Waals surface area contributed by atoms with Gasteiger partial charge < -0.3 is 0 Å². The van der Waals surface area contributed by atoms with Crippen LogP contribution in [-0.4, -0.2) is 10.2 Å². The Labute approximate surface area is 62.1 Å².